The Balaban J connectivity index is 0.000000166. The zero-order valence-electron chi connectivity index (χ0n) is 12.1. The van der Waals surface area contributed by atoms with Crippen molar-refractivity contribution >= 4 is 0 Å². The largest absolute Gasteiger partial charge is 0.323 e. The molecule has 0 saturated carbocycles. The summed E-state index contributed by atoms with van der Waals surface area (Å²) in [6, 6.07) is 4.44. The lowest BCUT2D eigenvalue weighted by atomic mass is 10.5. The normalized spacial score (nSPS) is 9.00. The standard InChI is InChI=1S/C5H6N2O.C4H6N2O.C4H4N2O/c1-4-2-5(8)7-3-6-4;1-3-2-5-4(7)6-3;7-4-2-1-3-5-6-4/h2-3H,1H3,(H,6,7,8);2H,1H3,(H2,5,6,7);1-3H,(H,6,7). The summed E-state index contributed by atoms with van der Waals surface area (Å²) in [5.74, 6) is 0. The molecule has 3 heterocycles. The third-order valence-electron chi connectivity index (χ3n) is 2.13. The lowest BCUT2D eigenvalue weighted by Gasteiger charge is -1.83. The second-order valence-corrected chi connectivity index (χ2v) is 4.09. The maximum absolute atomic E-state index is 10.4. The first-order chi connectivity index (χ1) is 10.5. The van der Waals surface area contributed by atoms with Gasteiger partial charge in [0.1, 0.15) is 0 Å². The third kappa shape index (κ3) is 7.38. The summed E-state index contributed by atoms with van der Waals surface area (Å²) in [6.45, 7) is 3.59. The van der Waals surface area contributed by atoms with Gasteiger partial charge in [0.05, 0.1) is 6.33 Å². The number of imidazole rings is 1. The quantitative estimate of drug-likeness (QED) is 0.457. The number of H-pyrrole nitrogens is 4. The number of hydrogen-bond acceptors (Lipinski definition) is 5. The molecule has 9 nitrogen and oxygen atoms in total. The van der Waals surface area contributed by atoms with Gasteiger partial charge in [-0.3, -0.25) is 9.59 Å². The van der Waals surface area contributed by atoms with Crippen LogP contribution in [0.1, 0.15) is 11.4 Å². The van der Waals surface area contributed by atoms with Crippen molar-refractivity contribution in [2.75, 3.05) is 0 Å². The van der Waals surface area contributed by atoms with E-state index in [0.29, 0.717) is 0 Å². The molecule has 22 heavy (non-hydrogen) atoms. The molecule has 0 atom stereocenters. The molecule has 116 valence electrons. The summed E-state index contributed by atoms with van der Waals surface area (Å²) >= 11 is 0. The molecule has 0 spiro atoms. The number of nitrogens with zero attached hydrogens (tertiary/aromatic N) is 2. The number of nitrogens with one attached hydrogen (secondary N) is 4. The van der Waals surface area contributed by atoms with Gasteiger partial charge in [-0.1, -0.05) is 0 Å². The first-order valence-electron chi connectivity index (χ1n) is 6.22. The average molecular weight is 304 g/mol. The topological polar surface area (TPSA) is 140 Å². The Bertz CT molecular complexity index is 827. The van der Waals surface area contributed by atoms with E-state index in [9.17, 15) is 14.4 Å². The Hall–Kier alpha value is -3.23. The third-order valence-corrected chi connectivity index (χ3v) is 2.13. The molecule has 3 aromatic heterocycles. The molecule has 0 radical (unpaired) electrons. The summed E-state index contributed by atoms with van der Waals surface area (Å²) in [4.78, 5) is 41.9. The minimum Gasteiger partial charge on any atom is -0.313 e. The molecular formula is C13H16N6O3. The monoisotopic (exact) mass is 304 g/mol. The molecule has 0 amide bonds. The van der Waals surface area contributed by atoms with Crippen LogP contribution in [-0.4, -0.2) is 30.1 Å². The molecule has 3 aromatic rings. The molecule has 0 aliphatic heterocycles. The van der Waals surface area contributed by atoms with Crippen LogP contribution in [0.2, 0.25) is 0 Å². The van der Waals surface area contributed by atoms with Crippen LogP contribution in [0.3, 0.4) is 0 Å². The second kappa shape index (κ2) is 8.84. The van der Waals surface area contributed by atoms with Crippen LogP contribution in [-0.2, 0) is 0 Å². The Kier molecular flexibility index (Phi) is 6.76. The molecule has 0 aromatic carbocycles. The molecule has 0 aliphatic carbocycles. The van der Waals surface area contributed by atoms with Crippen LogP contribution in [0, 0.1) is 13.8 Å². The SMILES string of the molecule is Cc1c[nH]c(=O)[nH]1.Cc1cc(=O)[nH]cn1.O=c1cccn[nH]1. The van der Waals surface area contributed by atoms with E-state index in [1.165, 1.54) is 24.7 Å². The van der Waals surface area contributed by atoms with E-state index in [4.69, 9.17) is 0 Å². The van der Waals surface area contributed by atoms with Crippen LogP contribution in [0.5, 0.6) is 0 Å². The predicted octanol–water partition coefficient (Wildman–Crippen LogP) is -0.140. The molecule has 0 saturated heterocycles. The number of aromatic nitrogens is 6. The first kappa shape index (κ1) is 16.8. The second-order valence-electron chi connectivity index (χ2n) is 4.09. The molecule has 0 aliphatic rings. The van der Waals surface area contributed by atoms with Gasteiger partial charge in [-0.2, -0.15) is 5.10 Å². The van der Waals surface area contributed by atoms with E-state index in [-0.39, 0.29) is 16.8 Å². The fourth-order valence-electron chi connectivity index (χ4n) is 1.20. The van der Waals surface area contributed by atoms with Gasteiger partial charge >= 0.3 is 5.69 Å². The minimum absolute atomic E-state index is 0.0995. The predicted molar refractivity (Wildman–Crippen MR) is 80.6 cm³/mol. The Labute approximate surface area is 124 Å². The van der Waals surface area contributed by atoms with Crippen molar-refractivity contribution in [2.24, 2.45) is 0 Å². The lowest BCUT2D eigenvalue weighted by molar-refractivity contribution is 0.988. The molecule has 3 rings (SSSR count). The first-order valence-corrected chi connectivity index (χ1v) is 6.22. The molecule has 0 unspecified atom stereocenters. The van der Waals surface area contributed by atoms with Crippen LogP contribution in [0.25, 0.3) is 0 Å². The Morgan fingerprint density at radius 3 is 2.09 bits per heavy atom. The molecule has 0 fully saturated rings. The van der Waals surface area contributed by atoms with Crippen molar-refractivity contribution in [1.82, 2.24) is 30.1 Å². The fourth-order valence-corrected chi connectivity index (χ4v) is 1.20. The van der Waals surface area contributed by atoms with Gasteiger partial charge in [0.15, 0.2) is 0 Å². The molecule has 9 heteroatoms. The molecule has 0 bridgehead atoms. The van der Waals surface area contributed by atoms with Gasteiger partial charge in [-0.25, -0.2) is 14.9 Å². The summed E-state index contributed by atoms with van der Waals surface area (Å²) in [7, 11) is 0. The van der Waals surface area contributed by atoms with Gasteiger partial charge in [0, 0.05) is 35.9 Å². The Morgan fingerprint density at radius 1 is 1.05 bits per heavy atom. The van der Waals surface area contributed by atoms with Crippen LogP contribution >= 0.6 is 0 Å². The highest BCUT2D eigenvalue weighted by molar-refractivity contribution is 4.93. The maximum atomic E-state index is 10.4. The van der Waals surface area contributed by atoms with E-state index >= 15 is 0 Å². The summed E-state index contributed by atoms with van der Waals surface area (Å²) in [5.41, 5.74) is 1.20. The zero-order chi connectivity index (χ0) is 16.4. The zero-order valence-corrected chi connectivity index (χ0v) is 12.1. The summed E-state index contributed by atoms with van der Waals surface area (Å²) in [6.07, 6.45) is 4.53. The van der Waals surface area contributed by atoms with Crippen LogP contribution in [0.4, 0.5) is 0 Å². The van der Waals surface area contributed by atoms with Crippen molar-refractivity contribution in [1.29, 1.82) is 0 Å². The molecule has 4 N–H and O–H groups in total. The maximum Gasteiger partial charge on any atom is 0.323 e. The lowest BCUT2D eigenvalue weighted by Crippen LogP contribution is -2.03. The van der Waals surface area contributed by atoms with Gasteiger partial charge in [0.25, 0.3) is 11.1 Å². The number of aromatic amines is 4. The smallest absolute Gasteiger partial charge is 0.313 e. The average Bonchev–Trinajstić information content (AvgIpc) is 2.84. The highest BCUT2D eigenvalue weighted by Crippen LogP contribution is 1.77. The highest BCUT2D eigenvalue weighted by atomic mass is 16.1. The van der Waals surface area contributed by atoms with E-state index in [1.54, 1.807) is 19.2 Å². The van der Waals surface area contributed by atoms with Crippen molar-refractivity contribution in [3.05, 3.63) is 79.5 Å². The van der Waals surface area contributed by atoms with Gasteiger partial charge in [0.2, 0.25) is 0 Å². The van der Waals surface area contributed by atoms with Crippen molar-refractivity contribution in [3.63, 3.8) is 0 Å². The van der Waals surface area contributed by atoms with Gasteiger partial charge in [-0.05, 0) is 19.9 Å². The van der Waals surface area contributed by atoms with E-state index in [0.717, 1.165) is 11.4 Å². The van der Waals surface area contributed by atoms with Crippen molar-refractivity contribution < 1.29 is 0 Å². The number of rotatable bonds is 0. The number of aryl methyl sites for hydroxylation is 2. The summed E-state index contributed by atoms with van der Waals surface area (Å²) < 4.78 is 0. The van der Waals surface area contributed by atoms with E-state index < -0.39 is 0 Å². The van der Waals surface area contributed by atoms with E-state index in [1.807, 2.05) is 6.92 Å². The number of hydrogen-bond donors (Lipinski definition) is 4. The van der Waals surface area contributed by atoms with Crippen molar-refractivity contribution in [3.8, 4) is 0 Å². The van der Waals surface area contributed by atoms with Crippen LogP contribution < -0.4 is 16.8 Å². The summed E-state index contributed by atoms with van der Waals surface area (Å²) in [5, 5.41) is 5.67. The fraction of sp³-hybridized carbons (Fsp3) is 0.154. The Morgan fingerprint density at radius 2 is 1.82 bits per heavy atom. The molecular weight excluding hydrogens is 288 g/mol. The van der Waals surface area contributed by atoms with Crippen LogP contribution in [0.15, 0.2) is 51.3 Å². The van der Waals surface area contributed by atoms with E-state index in [2.05, 4.69) is 30.1 Å². The highest BCUT2D eigenvalue weighted by Gasteiger charge is 1.82. The van der Waals surface area contributed by atoms with Crippen molar-refractivity contribution in [2.45, 2.75) is 13.8 Å². The minimum atomic E-state index is -0.164. The van der Waals surface area contributed by atoms with Gasteiger partial charge in [-0.15, -0.1) is 0 Å². The van der Waals surface area contributed by atoms with Gasteiger partial charge < -0.3 is 15.0 Å².